The van der Waals surface area contributed by atoms with E-state index in [1.165, 1.54) is 32.1 Å². The third kappa shape index (κ3) is 8.58. The molecule has 0 saturated heterocycles. The van der Waals surface area contributed by atoms with Gasteiger partial charge in [-0.25, -0.2) is 0 Å². The molecule has 1 atom stereocenters. The second kappa shape index (κ2) is 10.3. The number of hydrogen-bond donors (Lipinski definition) is 1. The molecule has 80 valence electrons. The zero-order valence-electron chi connectivity index (χ0n) is 9.11. The van der Waals surface area contributed by atoms with E-state index in [4.69, 9.17) is 11.6 Å². The maximum absolute atomic E-state index is 5.77. The molecule has 0 aromatic heterocycles. The van der Waals surface area contributed by atoms with Crippen LogP contribution in [-0.4, -0.2) is 18.5 Å². The van der Waals surface area contributed by atoms with Crippen LogP contribution in [-0.2, 0) is 0 Å². The molecule has 0 heterocycles. The first kappa shape index (κ1) is 13.2. The maximum atomic E-state index is 5.77. The van der Waals surface area contributed by atoms with Gasteiger partial charge in [-0.3, -0.25) is 0 Å². The van der Waals surface area contributed by atoms with E-state index in [2.05, 4.69) is 19.2 Å². The molecule has 13 heavy (non-hydrogen) atoms. The van der Waals surface area contributed by atoms with Gasteiger partial charge in [0.25, 0.3) is 0 Å². The highest BCUT2D eigenvalue weighted by atomic mass is 35.5. The SMILES string of the molecule is CCCCCCCNC(CC)CCl. The van der Waals surface area contributed by atoms with Gasteiger partial charge in [0, 0.05) is 11.9 Å². The summed E-state index contributed by atoms with van der Waals surface area (Å²) in [5, 5.41) is 3.46. The van der Waals surface area contributed by atoms with E-state index in [1.807, 2.05) is 0 Å². The van der Waals surface area contributed by atoms with E-state index in [1.54, 1.807) is 0 Å². The van der Waals surface area contributed by atoms with Gasteiger partial charge in [-0.2, -0.15) is 0 Å². The fourth-order valence-corrected chi connectivity index (χ4v) is 1.67. The first-order chi connectivity index (χ1) is 6.35. The maximum Gasteiger partial charge on any atom is 0.0377 e. The third-order valence-electron chi connectivity index (χ3n) is 2.39. The van der Waals surface area contributed by atoms with Gasteiger partial charge in [-0.15, -0.1) is 11.6 Å². The number of nitrogens with one attached hydrogen (secondary N) is 1. The molecule has 1 N–H and O–H groups in total. The fourth-order valence-electron chi connectivity index (χ4n) is 1.34. The molecule has 2 heteroatoms. The molecule has 0 rings (SSSR count). The average molecular weight is 206 g/mol. The Kier molecular flexibility index (Phi) is 10.5. The Morgan fingerprint density at radius 2 is 1.77 bits per heavy atom. The Labute approximate surface area is 88.2 Å². The molecule has 1 nitrogen and oxygen atoms in total. The summed E-state index contributed by atoms with van der Waals surface area (Å²) < 4.78 is 0. The van der Waals surface area contributed by atoms with Gasteiger partial charge in [0.05, 0.1) is 0 Å². The summed E-state index contributed by atoms with van der Waals surface area (Å²) in [6, 6.07) is 0.521. The lowest BCUT2D eigenvalue weighted by molar-refractivity contribution is 0.510. The highest BCUT2D eigenvalue weighted by Gasteiger charge is 2.01. The first-order valence-corrected chi connectivity index (χ1v) is 6.17. The van der Waals surface area contributed by atoms with E-state index in [9.17, 15) is 0 Å². The first-order valence-electron chi connectivity index (χ1n) is 5.64. The molecule has 0 aromatic carbocycles. The van der Waals surface area contributed by atoms with Crippen molar-refractivity contribution in [2.45, 2.75) is 58.4 Å². The van der Waals surface area contributed by atoms with Crippen LogP contribution in [0.25, 0.3) is 0 Å². The summed E-state index contributed by atoms with van der Waals surface area (Å²) >= 11 is 5.77. The molecule has 0 radical (unpaired) electrons. The molecule has 0 spiro atoms. The van der Waals surface area contributed by atoms with Crippen molar-refractivity contribution in [3.8, 4) is 0 Å². The Balaban J connectivity index is 3.05. The van der Waals surface area contributed by atoms with Crippen LogP contribution >= 0.6 is 11.6 Å². The van der Waals surface area contributed by atoms with Crippen LogP contribution < -0.4 is 5.32 Å². The molecule has 0 aromatic rings. The van der Waals surface area contributed by atoms with E-state index < -0.39 is 0 Å². The number of hydrogen-bond acceptors (Lipinski definition) is 1. The molecule has 0 aliphatic carbocycles. The molecule has 0 saturated carbocycles. The lowest BCUT2D eigenvalue weighted by Crippen LogP contribution is -2.30. The fraction of sp³-hybridized carbons (Fsp3) is 1.00. The highest BCUT2D eigenvalue weighted by Crippen LogP contribution is 2.02. The van der Waals surface area contributed by atoms with E-state index >= 15 is 0 Å². The van der Waals surface area contributed by atoms with Crippen molar-refractivity contribution in [1.29, 1.82) is 0 Å². The Hall–Kier alpha value is 0.250. The van der Waals surface area contributed by atoms with Crippen LogP contribution in [0.15, 0.2) is 0 Å². The second-order valence-electron chi connectivity index (χ2n) is 3.63. The minimum Gasteiger partial charge on any atom is -0.313 e. The molecule has 0 fully saturated rings. The largest absolute Gasteiger partial charge is 0.313 e. The van der Waals surface area contributed by atoms with E-state index in [-0.39, 0.29) is 0 Å². The predicted molar refractivity (Wildman–Crippen MR) is 61.6 cm³/mol. The van der Waals surface area contributed by atoms with Crippen LogP contribution in [0.3, 0.4) is 0 Å². The minimum atomic E-state index is 0.521. The summed E-state index contributed by atoms with van der Waals surface area (Å²) in [5.74, 6) is 0.742. The van der Waals surface area contributed by atoms with Crippen LogP contribution in [0.1, 0.15) is 52.4 Å². The quantitative estimate of drug-likeness (QED) is 0.449. The zero-order valence-corrected chi connectivity index (χ0v) is 9.87. The molecule has 0 amide bonds. The van der Waals surface area contributed by atoms with Gasteiger partial charge in [-0.05, 0) is 19.4 Å². The molecular weight excluding hydrogens is 182 g/mol. The average Bonchev–Trinajstić information content (AvgIpc) is 2.17. The summed E-state index contributed by atoms with van der Waals surface area (Å²) in [4.78, 5) is 0. The summed E-state index contributed by atoms with van der Waals surface area (Å²) in [6.45, 7) is 5.56. The number of rotatable bonds is 9. The molecule has 1 unspecified atom stereocenters. The number of halogens is 1. The molecule has 0 aliphatic heterocycles. The van der Waals surface area contributed by atoms with Crippen molar-refractivity contribution < 1.29 is 0 Å². The van der Waals surface area contributed by atoms with Crippen LogP contribution in [0.2, 0.25) is 0 Å². The summed E-state index contributed by atoms with van der Waals surface area (Å²) in [6.07, 6.45) is 7.89. The molecular formula is C11H24ClN. The van der Waals surface area contributed by atoms with Gasteiger partial charge in [0.2, 0.25) is 0 Å². The van der Waals surface area contributed by atoms with Gasteiger partial charge >= 0.3 is 0 Å². The second-order valence-corrected chi connectivity index (χ2v) is 3.94. The van der Waals surface area contributed by atoms with Gasteiger partial charge in [0.15, 0.2) is 0 Å². The lowest BCUT2D eigenvalue weighted by Gasteiger charge is -2.12. The number of unbranched alkanes of at least 4 members (excludes halogenated alkanes) is 4. The lowest BCUT2D eigenvalue weighted by atomic mass is 10.1. The third-order valence-corrected chi connectivity index (χ3v) is 2.76. The monoisotopic (exact) mass is 205 g/mol. The van der Waals surface area contributed by atoms with Crippen molar-refractivity contribution in [3.63, 3.8) is 0 Å². The Morgan fingerprint density at radius 1 is 1.08 bits per heavy atom. The van der Waals surface area contributed by atoms with Crippen LogP contribution in [0.4, 0.5) is 0 Å². The summed E-state index contributed by atoms with van der Waals surface area (Å²) in [5.41, 5.74) is 0. The van der Waals surface area contributed by atoms with Gasteiger partial charge in [-0.1, -0.05) is 39.5 Å². The topological polar surface area (TPSA) is 12.0 Å². The molecule has 0 aliphatic rings. The van der Waals surface area contributed by atoms with Crippen LogP contribution in [0.5, 0.6) is 0 Å². The smallest absolute Gasteiger partial charge is 0.0377 e. The van der Waals surface area contributed by atoms with E-state index in [0.717, 1.165) is 18.8 Å². The number of alkyl halides is 1. The zero-order chi connectivity index (χ0) is 9.94. The predicted octanol–water partition coefficient (Wildman–Crippen LogP) is 3.56. The summed E-state index contributed by atoms with van der Waals surface area (Å²) in [7, 11) is 0. The van der Waals surface area contributed by atoms with E-state index in [0.29, 0.717) is 6.04 Å². The Morgan fingerprint density at radius 3 is 2.31 bits per heavy atom. The minimum absolute atomic E-state index is 0.521. The Bertz CT molecular complexity index is 92.1. The highest BCUT2D eigenvalue weighted by molar-refractivity contribution is 6.18. The van der Waals surface area contributed by atoms with Crippen molar-refractivity contribution in [2.24, 2.45) is 0 Å². The van der Waals surface area contributed by atoms with Gasteiger partial charge < -0.3 is 5.32 Å². The van der Waals surface area contributed by atoms with Crippen molar-refractivity contribution in [1.82, 2.24) is 5.32 Å². The van der Waals surface area contributed by atoms with Crippen LogP contribution in [0, 0.1) is 0 Å². The molecule has 0 bridgehead atoms. The van der Waals surface area contributed by atoms with Crippen molar-refractivity contribution >= 4 is 11.6 Å². The normalized spacial score (nSPS) is 13.2. The standard InChI is InChI=1S/C11H24ClN/c1-3-5-6-7-8-9-13-11(4-2)10-12/h11,13H,3-10H2,1-2H3. The van der Waals surface area contributed by atoms with Crippen molar-refractivity contribution in [3.05, 3.63) is 0 Å². The van der Waals surface area contributed by atoms with Gasteiger partial charge in [0.1, 0.15) is 0 Å². The van der Waals surface area contributed by atoms with Crippen molar-refractivity contribution in [2.75, 3.05) is 12.4 Å².